The highest BCUT2D eigenvalue weighted by Crippen LogP contribution is 2.39. The van der Waals surface area contributed by atoms with Crippen molar-refractivity contribution < 1.29 is 23.8 Å². The van der Waals surface area contributed by atoms with Crippen molar-refractivity contribution in [3.63, 3.8) is 0 Å². The molecule has 0 spiro atoms. The second-order valence-electron chi connectivity index (χ2n) is 5.94. The van der Waals surface area contributed by atoms with Crippen molar-refractivity contribution in [1.82, 2.24) is 4.98 Å². The Labute approximate surface area is 171 Å². The molecule has 0 aliphatic rings. The van der Waals surface area contributed by atoms with Gasteiger partial charge in [-0.25, -0.2) is 14.2 Å². The fourth-order valence-corrected chi connectivity index (χ4v) is 2.99. The monoisotopic (exact) mass is 428 g/mol. The molecule has 0 saturated carbocycles. The first-order valence-corrected chi connectivity index (χ1v) is 9.27. The molecule has 1 heterocycles. The van der Waals surface area contributed by atoms with E-state index in [0.29, 0.717) is 12.2 Å². The fraction of sp³-hybridized carbons (Fsp3) is 0.316. The van der Waals surface area contributed by atoms with Crippen molar-refractivity contribution in [2.45, 2.75) is 33.4 Å². The van der Waals surface area contributed by atoms with Gasteiger partial charge in [0.15, 0.2) is 5.69 Å². The normalized spacial score (nSPS) is 10.6. The van der Waals surface area contributed by atoms with Crippen molar-refractivity contribution in [1.29, 1.82) is 0 Å². The van der Waals surface area contributed by atoms with E-state index in [4.69, 9.17) is 27.9 Å². The van der Waals surface area contributed by atoms with Crippen LogP contribution in [0.15, 0.2) is 18.2 Å². The van der Waals surface area contributed by atoms with Gasteiger partial charge in [-0.1, -0.05) is 42.6 Å². The third-order valence-electron chi connectivity index (χ3n) is 3.84. The van der Waals surface area contributed by atoms with Gasteiger partial charge in [0.2, 0.25) is 5.91 Å². The van der Waals surface area contributed by atoms with E-state index in [1.54, 1.807) is 0 Å². The number of anilines is 1. The number of carbonyl (C=O) groups is 2. The number of hydrogen-bond donors (Lipinski definition) is 2. The molecule has 2 rings (SSSR count). The molecule has 9 heteroatoms. The first kappa shape index (κ1) is 21.9. The summed E-state index contributed by atoms with van der Waals surface area (Å²) in [6.45, 7) is 2.70. The van der Waals surface area contributed by atoms with Gasteiger partial charge in [-0.2, -0.15) is 0 Å². The van der Waals surface area contributed by atoms with Gasteiger partial charge in [-0.15, -0.1) is 0 Å². The first-order chi connectivity index (χ1) is 13.3. The number of alkyl halides is 1. The van der Waals surface area contributed by atoms with Crippen molar-refractivity contribution in [2.75, 3.05) is 11.9 Å². The van der Waals surface area contributed by atoms with Crippen LogP contribution in [0, 0.1) is 0 Å². The van der Waals surface area contributed by atoms with Gasteiger partial charge in [0.05, 0.1) is 28.0 Å². The maximum atomic E-state index is 13.9. The number of carboxylic acids is 1. The van der Waals surface area contributed by atoms with Crippen LogP contribution < -0.4 is 10.1 Å². The lowest BCUT2D eigenvalue weighted by Gasteiger charge is -2.16. The van der Waals surface area contributed by atoms with E-state index in [1.807, 2.05) is 6.92 Å². The number of rotatable bonds is 8. The van der Waals surface area contributed by atoms with Gasteiger partial charge in [0.1, 0.15) is 12.4 Å². The number of pyridine rings is 1. The lowest BCUT2D eigenvalue weighted by molar-refractivity contribution is -0.114. The number of aromatic carboxylic acids is 1. The number of nitrogens with one attached hydrogen (secondary N) is 1. The quantitative estimate of drug-likeness (QED) is 0.552. The van der Waals surface area contributed by atoms with Crippen molar-refractivity contribution in [3.8, 4) is 17.0 Å². The van der Waals surface area contributed by atoms with Crippen LogP contribution >= 0.6 is 23.2 Å². The lowest BCUT2D eigenvalue weighted by Crippen LogP contribution is -2.11. The van der Waals surface area contributed by atoms with Gasteiger partial charge in [0, 0.05) is 18.1 Å². The highest BCUT2D eigenvalue weighted by molar-refractivity contribution is 6.36. The summed E-state index contributed by atoms with van der Waals surface area (Å²) >= 11 is 12.2. The molecule has 1 aromatic carbocycles. The number of unbranched alkanes of at least 4 members (excludes halogenated alkanes) is 1. The number of nitrogens with zero attached hydrogens (tertiary/aromatic N) is 1. The largest absolute Gasteiger partial charge is 0.492 e. The number of amides is 1. The lowest BCUT2D eigenvalue weighted by atomic mass is 10.0. The van der Waals surface area contributed by atoms with Crippen molar-refractivity contribution in [3.05, 3.63) is 39.5 Å². The zero-order chi connectivity index (χ0) is 20.8. The Morgan fingerprint density at radius 3 is 2.61 bits per heavy atom. The number of hydrogen-bond acceptors (Lipinski definition) is 4. The molecule has 0 bridgehead atoms. The Morgan fingerprint density at radius 1 is 1.32 bits per heavy atom. The molecular weight excluding hydrogens is 410 g/mol. The second-order valence-corrected chi connectivity index (χ2v) is 6.73. The summed E-state index contributed by atoms with van der Waals surface area (Å²) in [5.41, 5.74) is 0.156. The van der Waals surface area contributed by atoms with E-state index in [1.165, 1.54) is 25.1 Å². The van der Waals surface area contributed by atoms with E-state index in [2.05, 4.69) is 10.3 Å². The summed E-state index contributed by atoms with van der Waals surface area (Å²) in [4.78, 5) is 27.0. The molecule has 28 heavy (non-hydrogen) atoms. The Balaban J connectivity index is 2.66. The van der Waals surface area contributed by atoms with Gasteiger partial charge in [-0.05, 0) is 18.6 Å². The van der Waals surface area contributed by atoms with E-state index >= 15 is 0 Å². The van der Waals surface area contributed by atoms with Crippen LogP contribution in [-0.2, 0) is 11.5 Å². The third-order valence-corrected chi connectivity index (χ3v) is 4.52. The molecule has 0 aliphatic heterocycles. The zero-order valence-corrected chi connectivity index (χ0v) is 16.8. The highest BCUT2D eigenvalue weighted by Gasteiger charge is 2.22. The van der Waals surface area contributed by atoms with Crippen LogP contribution in [0.1, 0.15) is 42.7 Å². The summed E-state index contributed by atoms with van der Waals surface area (Å²) in [5, 5.41) is 11.9. The summed E-state index contributed by atoms with van der Waals surface area (Å²) in [6, 6.07) is 4.42. The van der Waals surface area contributed by atoms with E-state index in [0.717, 1.165) is 12.8 Å². The Bertz CT molecular complexity index is 906. The topological polar surface area (TPSA) is 88.5 Å². The van der Waals surface area contributed by atoms with Crippen molar-refractivity contribution in [2.24, 2.45) is 0 Å². The maximum Gasteiger partial charge on any atom is 0.356 e. The zero-order valence-electron chi connectivity index (χ0n) is 15.3. The van der Waals surface area contributed by atoms with Gasteiger partial charge in [0.25, 0.3) is 0 Å². The SMILES string of the molecule is CCCCOc1c(Cl)ccc(-c2cc(NC(C)=O)c(Cl)c(C(=O)O)n2)c1CF. The average molecular weight is 429 g/mol. The highest BCUT2D eigenvalue weighted by atomic mass is 35.5. The number of benzene rings is 1. The molecule has 2 aromatic rings. The minimum Gasteiger partial charge on any atom is -0.492 e. The standard InChI is InChI=1S/C19H19Cl2FN2O4/c1-3-4-7-28-18-12(9-22)11(5-6-13(18)20)14-8-15(23-10(2)25)16(21)17(24-14)19(26)27/h5-6,8H,3-4,7,9H2,1-2H3,(H,26,27)(H,23,24,25). The molecule has 150 valence electrons. The molecule has 2 N–H and O–H groups in total. The molecule has 6 nitrogen and oxygen atoms in total. The second kappa shape index (κ2) is 9.71. The number of carbonyl (C=O) groups excluding carboxylic acids is 1. The molecule has 1 amide bonds. The Kier molecular flexibility index (Phi) is 7.60. The van der Waals surface area contributed by atoms with Crippen LogP contribution in [0.5, 0.6) is 5.75 Å². The average Bonchev–Trinajstić information content (AvgIpc) is 2.64. The van der Waals surface area contributed by atoms with Crippen LogP contribution in [0.4, 0.5) is 10.1 Å². The Morgan fingerprint density at radius 2 is 2.04 bits per heavy atom. The van der Waals surface area contributed by atoms with E-state index in [-0.39, 0.29) is 32.7 Å². The number of ether oxygens (including phenoxy) is 1. The third kappa shape index (κ3) is 4.91. The fourth-order valence-electron chi connectivity index (χ4n) is 2.54. The molecule has 0 unspecified atom stereocenters. The predicted molar refractivity (Wildman–Crippen MR) is 106 cm³/mol. The van der Waals surface area contributed by atoms with Gasteiger partial charge >= 0.3 is 5.97 Å². The number of carboxylic acid groups (broad SMARTS) is 1. The smallest absolute Gasteiger partial charge is 0.356 e. The number of aromatic nitrogens is 1. The van der Waals surface area contributed by atoms with E-state index < -0.39 is 24.2 Å². The van der Waals surface area contributed by atoms with Gasteiger partial charge in [-0.3, -0.25) is 4.79 Å². The van der Waals surface area contributed by atoms with Crippen LogP contribution in [0.25, 0.3) is 11.3 Å². The molecule has 0 fully saturated rings. The minimum atomic E-state index is -1.38. The van der Waals surface area contributed by atoms with E-state index in [9.17, 15) is 19.1 Å². The minimum absolute atomic E-state index is 0.0600. The molecule has 0 atom stereocenters. The van der Waals surface area contributed by atoms with Crippen molar-refractivity contribution >= 4 is 40.8 Å². The van der Waals surface area contributed by atoms with Crippen LogP contribution in [-0.4, -0.2) is 28.6 Å². The van der Waals surface area contributed by atoms with Crippen LogP contribution in [0.2, 0.25) is 10.0 Å². The molecule has 0 saturated heterocycles. The Hall–Kier alpha value is -2.38. The summed E-state index contributed by atoms with van der Waals surface area (Å²) < 4.78 is 19.5. The molecule has 1 aromatic heterocycles. The molecule has 0 aliphatic carbocycles. The first-order valence-electron chi connectivity index (χ1n) is 8.52. The molecule has 0 radical (unpaired) electrons. The van der Waals surface area contributed by atoms with Gasteiger partial charge < -0.3 is 15.2 Å². The summed E-state index contributed by atoms with van der Waals surface area (Å²) in [5.74, 6) is -1.64. The maximum absolute atomic E-state index is 13.9. The number of halogens is 3. The summed E-state index contributed by atoms with van der Waals surface area (Å²) in [7, 11) is 0. The van der Waals surface area contributed by atoms with Crippen LogP contribution in [0.3, 0.4) is 0 Å². The predicted octanol–water partition coefficient (Wildman–Crippen LogP) is 5.36. The summed E-state index contributed by atoms with van der Waals surface area (Å²) in [6.07, 6.45) is 1.66. The molecular formula is C19H19Cl2FN2O4.